The van der Waals surface area contributed by atoms with Gasteiger partial charge in [-0.15, -0.1) is 0 Å². The van der Waals surface area contributed by atoms with Crippen LogP contribution < -0.4 is 9.44 Å². The molecule has 0 heterocycles. The summed E-state index contributed by atoms with van der Waals surface area (Å²) in [5.74, 6) is 0.348. The van der Waals surface area contributed by atoms with Crippen LogP contribution in [0, 0.1) is 0 Å². The van der Waals surface area contributed by atoms with Gasteiger partial charge in [0.25, 0.3) is 20.0 Å². The number of hydrogen-bond acceptors (Lipinski definition) is 4. The highest BCUT2D eigenvalue weighted by Gasteiger charge is 2.17. The predicted octanol–water partition coefficient (Wildman–Crippen LogP) is 5.46. The van der Waals surface area contributed by atoms with E-state index in [0.29, 0.717) is 16.6 Å². The minimum Gasteiger partial charge on any atom is -0.280 e. The van der Waals surface area contributed by atoms with Crippen LogP contribution in [0.2, 0.25) is 5.02 Å². The van der Waals surface area contributed by atoms with Gasteiger partial charge in [-0.25, -0.2) is 16.8 Å². The van der Waals surface area contributed by atoms with Gasteiger partial charge in [0, 0.05) is 16.4 Å². The van der Waals surface area contributed by atoms with Gasteiger partial charge in [0.05, 0.1) is 9.79 Å². The number of sulfonamides is 2. The maximum Gasteiger partial charge on any atom is 0.261 e. The molecule has 6 nitrogen and oxygen atoms in total. The van der Waals surface area contributed by atoms with E-state index in [2.05, 4.69) is 23.3 Å². The summed E-state index contributed by atoms with van der Waals surface area (Å²) in [7, 11) is -7.62. The summed E-state index contributed by atoms with van der Waals surface area (Å²) in [5, 5.41) is 0.495. The molecule has 0 bridgehead atoms. The molecule has 3 aromatic carbocycles. The Kier molecular flexibility index (Phi) is 6.93. The number of rotatable bonds is 8. The number of benzene rings is 3. The molecule has 0 saturated carbocycles. The molecule has 1 atom stereocenters. The fourth-order valence-corrected chi connectivity index (χ4v) is 5.10. The summed E-state index contributed by atoms with van der Waals surface area (Å²) in [5.41, 5.74) is 1.70. The first kappa shape index (κ1) is 23.1. The lowest BCUT2D eigenvalue weighted by atomic mass is 9.99. The molecule has 3 aromatic rings. The van der Waals surface area contributed by atoms with Gasteiger partial charge in [-0.2, -0.15) is 0 Å². The quantitative estimate of drug-likeness (QED) is 0.450. The van der Waals surface area contributed by atoms with E-state index in [0.717, 1.165) is 12.0 Å². The Morgan fingerprint density at radius 2 is 1.10 bits per heavy atom. The van der Waals surface area contributed by atoms with Gasteiger partial charge in [0.2, 0.25) is 0 Å². The van der Waals surface area contributed by atoms with Crippen molar-refractivity contribution in [2.75, 3.05) is 9.44 Å². The van der Waals surface area contributed by atoms with E-state index in [-0.39, 0.29) is 15.5 Å². The van der Waals surface area contributed by atoms with Crippen molar-refractivity contribution in [1.82, 2.24) is 0 Å². The molecule has 0 radical (unpaired) electrons. The Balaban J connectivity index is 1.74. The summed E-state index contributed by atoms with van der Waals surface area (Å²) in [6, 6.07) is 18.5. The Morgan fingerprint density at radius 3 is 1.52 bits per heavy atom. The molecule has 0 aliphatic carbocycles. The third kappa shape index (κ3) is 5.78. The highest BCUT2D eigenvalue weighted by atomic mass is 35.5. The molecule has 31 heavy (non-hydrogen) atoms. The highest BCUT2D eigenvalue weighted by molar-refractivity contribution is 7.93. The molecule has 3 rings (SSSR count). The Labute approximate surface area is 188 Å². The zero-order chi connectivity index (χ0) is 22.6. The molecule has 0 fully saturated rings. The fourth-order valence-electron chi connectivity index (χ4n) is 2.86. The van der Waals surface area contributed by atoms with Crippen molar-refractivity contribution in [2.45, 2.75) is 36.0 Å². The second-order valence-corrected chi connectivity index (χ2v) is 10.9. The minimum absolute atomic E-state index is 0.00306. The van der Waals surface area contributed by atoms with Crippen LogP contribution in [0.3, 0.4) is 0 Å². The molecular formula is C22H23ClN2O4S2. The van der Waals surface area contributed by atoms with Gasteiger partial charge in [-0.1, -0.05) is 37.6 Å². The van der Waals surface area contributed by atoms with E-state index in [1.807, 2.05) is 0 Å². The van der Waals surface area contributed by atoms with E-state index in [9.17, 15) is 16.8 Å². The van der Waals surface area contributed by atoms with Crippen LogP contribution in [0.1, 0.15) is 31.7 Å². The second kappa shape index (κ2) is 9.30. The average Bonchev–Trinajstić information content (AvgIpc) is 2.75. The van der Waals surface area contributed by atoms with Crippen LogP contribution in [-0.4, -0.2) is 16.8 Å². The molecular weight excluding hydrogens is 456 g/mol. The van der Waals surface area contributed by atoms with Gasteiger partial charge in [0.1, 0.15) is 0 Å². The molecule has 0 aromatic heterocycles. The highest BCUT2D eigenvalue weighted by Crippen LogP contribution is 2.23. The third-order valence-corrected chi connectivity index (χ3v) is 7.93. The fraction of sp³-hybridized carbons (Fsp3) is 0.182. The van der Waals surface area contributed by atoms with Crippen LogP contribution in [-0.2, 0) is 20.0 Å². The third-order valence-electron chi connectivity index (χ3n) is 4.89. The van der Waals surface area contributed by atoms with Gasteiger partial charge in [0.15, 0.2) is 0 Å². The first-order valence-corrected chi connectivity index (χ1v) is 13.0. The van der Waals surface area contributed by atoms with Crippen molar-refractivity contribution >= 4 is 43.0 Å². The first-order chi connectivity index (χ1) is 14.6. The number of hydrogen-bond donors (Lipinski definition) is 2. The lowest BCUT2D eigenvalue weighted by molar-refractivity contribution is 0.600. The number of anilines is 2. The number of halogens is 1. The molecule has 2 N–H and O–H groups in total. The Hall–Kier alpha value is -2.55. The average molecular weight is 479 g/mol. The van der Waals surface area contributed by atoms with E-state index < -0.39 is 20.0 Å². The van der Waals surface area contributed by atoms with Crippen LogP contribution in [0.4, 0.5) is 11.4 Å². The van der Waals surface area contributed by atoms with E-state index in [4.69, 9.17) is 11.6 Å². The standard InChI is InChI=1S/C22H23ClN2O4S2/c1-3-16(2)17-4-12-21(13-5-17)30(26,27)25-20-10-14-22(15-11-20)31(28,29)24-19-8-6-18(23)7-9-19/h4-16,24-25H,3H2,1-2H3. The van der Waals surface area contributed by atoms with E-state index in [1.54, 1.807) is 48.5 Å². The summed E-state index contributed by atoms with van der Waals surface area (Å²) >= 11 is 5.81. The lowest BCUT2D eigenvalue weighted by Gasteiger charge is -2.12. The first-order valence-electron chi connectivity index (χ1n) is 9.62. The molecule has 9 heteroatoms. The number of nitrogens with one attached hydrogen (secondary N) is 2. The van der Waals surface area contributed by atoms with Gasteiger partial charge >= 0.3 is 0 Å². The Bertz CT molecular complexity index is 1240. The van der Waals surface area contributed by atoms with Gasteiger partial charge in [-0.05, 0) is 78.6 Å². The zero-order valence-electron chi connectivity index (χ0n) is 17.0. The van der Waals surface area contributed by atoms with Gasteiger partial charge in [-0.3, -0.25) is 9.44 Å². The molecule has 0 aliphatic rings. The zero-order valence-corrected chi connectivity index (χ0v) is 19.4. The van der Waals surface area contributed by atoms with Crippen molar-refractivity contribution in [2.24, 2.45) is 0 Å². The summed E-state index contributed by atoms with van der Waals surface area (Å²) < 4.78 is 55.3. The molecule has 0 aliphatic heterocycles. The monoisotopic (exact) mass is 478 g/mol. The second-order valence-electron chi connectivity index (χ2n) is 7.12. The van der Waals surface area contributed by atoms with Crippen molar-refractivity contribution in [1.29, 1.82) is 0 Å². The van der Waals surface area contributed by atoms with E-state index >= 15 is 0 Å². The molecule has 0 saturated heterocycles. The van der Waals surface area contributed by atoms with Crippen molar-refractivity contribution in [3.63, 3.8) is 0 Å². The molecule has 0 amide bonds. The van der Waals surface area contributed by atoms with Crippen LogP contribution in [0.5, 0.6) is 0 Å². The normalized spacial score (nSPS) is 12.9. The van der Waals surface area contributed by atoms with E-state index in [1.165, 1.54) is 24.3 Å². The van der Waals surface area contributed by atoms with Crippen LogP contribution >= 0.6 is 11.6 Å². The topological polar surface area (TPSA) is 92.3 Å². The lowest BCUT2D eigenvalue weighted by Crippen LogP contribution is -2.14. The minimum atomic E-state index is -3.82. The SMILES string of the molecule is CCC(C)c1ccc(S(=O)(=O)Nc2ccc(S(=O)(=O)Nc3ccc(Cl)cc3)cc2)cc1. The predicted molar refractivity (Wildman–Crippen MR) is 125 cm³/mol. The smallest absolute Gasteiger partial charge is 0.261 e. The molecule has 0 spiro atoms. The van der Waals surface area contributed by atoms with Gasteiger partial charge < -0.3 is 0 Å². The maximum absolute atomic E-state index is 12.7. The van der Waals surface area contributed by atoms with Crippen molar-refractivity contribution in [3.05, 3.63) is 83.4 Å². The largest absolute Gasteiger partial charge is 0.280 e. The van der Waals surface area contributed by atoms with Crippen LogP contribution in [0.25, 0.3) is 0 Å². The maximum atomic E-state index is 12.7. The Morgan fingerprint density at radius 1 is 0.710 bits per heavy atom. The van der Waals surface area contributed by atoms with Crippen molar-refractivity contribution in [3.8, 4) is 0 Å². The molecule has 1 unspecified atom stereocenters. The molecule has 164 valence electrons. The summed E-state index contributed by atoms with van der Waals surface area (Å²) in [6.07, 6.45) is 0.965. The summed E-state index contributed by atoms with van der Waals surface area (Å²) in [4.78, 5) is 0.143. The summed E-state index contributed by atoms with van der Waals surface area (Å²) in [6.45, 7) is 4.16. The van der Waals surface area contributed by atoms with Crippen molar-refractivity contribution < 1.29 is 16.8 Å². The van der Waals surface area contributed by atoms with Crippen LogP contribution in [0.15, 0.2) is 82.6 Å².